The van der Waals surface area contributed by atoms with Crippen LogP contribution in [0.2, 0.25) is 0 Å². The highest BCUT2D eigenvalue weighted by Gasteiger charge is 2.31. The van der Waals surface area contributed by atoms with E-state index in [1.165, 1.54) is 25.0 Å². The minimum atomic E-state index is 0.0405. The van der Waals surface area contributed by atoms with E-state index in [2.05, 4.69) is 37.1 Å². The molecule has 0 amide bonds. The second kappa shape index (κ2) is 6.36. The maximum atomic E-state index is 11.9. The Morgan fingerprint density at radius 1 is 1.47 bits per heavy atom. The topological polar surface area (TPSA) is 22.0 Å². The summed E-state index contributed by atoms with van der Waals surface area (Å²) in [4.78, 5) is 11.9. The number of carbonyl (C=O) groups excluding carboxylic acids is 1. The molecule has 2 unspecified atom stereocenters. The molecule has 0 aromatic carbocycles. The highest BCUT2D eigenvalue weighted by atomic mass is 35.5. The van der Waals surface area contributed by atoms with Gasteiger partial charge in [0.2, 0.25) is 0 Å². The molecule has 1 saturated carbocycles. The molecular formula is C15H22ClNOS. The molecule has 0 radical (unpaired) electrons. The molecule has 2 atom stereocenters. The minimum Gasteiger partial charge on any atom is -0.344 e. The molecule has 0 N–H and O–H groups in total. The molecule has 0 saturated heterocycles. The zero-order valence-corrected chi connectivity index (χ0v) is 13.5. The van der Waals surface area contributed by atoms with Crippen molar-refractivity contribution in [3.05, 3.63) is 23.0 Å². The highest BCUT2D eigenvalue weighted by Crippen LogP contribution is 2.40. The maximum absolute atomic E-state index is 11.9. The van der Waals surface area contributed by atoms with Gasteiger partial charge >= 0.3 is 0 Å². The first-order chi connectivity index (χ1) is 9.10. The fourth-order valence-electron chi connectivity index (χ4n) is 3.25. The van der Waals surface area contributed by atoms with Gasteiger partial charge in [-0.3, -0.25) is 4.79 Å². The van der Waals surface area contributed by atoms with Gasteiger partial charge in [0, 0.05) is 28.2 Å². The van der Waals surface area contributed by atoms with Crippen molar-refractivity contribution >= 4 is 29.1 Å². The van der Waals surface area contributed by atoms with Gasteiger partial charge in [-0.25, -0.2) is 0 Å². The van der Waals surface area contributed by atoms with Crippen LogP contribution in [0.25, 0.3) is 0 Å². The lowest BCUT2D eigenvalue weighted by Crippen LogP contribution is -2.19. The number of thioether (sulfide) groups is 1. The molecule has 1 aromatic heterocycles. The summed E-state index contributed by atoms with van der Waals surface area (Å²) in [5, 5.41) is 0.689. The number of aryl methyl sites for hydroxylation is 1. The Hall–Kier alpha value is -0.410. The molecule has 1 heterocycles. The van der Waals surface area contributed by atoms with Gasteiger partial charge in [-0.15, -0.1) is 11.6 Å². The smallest absolute Gasteiger partial charge is 0.179 e. The van der Waals surface area contributed by atoms with E-state index in [0.717, 1.165) is 17.0 Å². The molecule has 4 heteroatoms. The predicted octanol–water partition coefficient (Wildman–Crippen LogP) is 4.37. The number of hydrogen-bond acceptors (Lipinski definition) is 2. The summed E-state index contributed by atoms with van der Waals surface area (Å²) < 4.78 is 2.38. The van der Waals surface area contributed by atoms with E-state index in [1.807, 2.05) is 6.07 Å². The summed E-state index contributed by atoms with van der Waals surface area (Å²) >= 11 is 7.75. The molecule has 2 rings (SSSR count). The third kappa shape index (κ3) is 2.87. The second-order valence-corrected chi connectivity index (χ2v) is 6.99. The molecular weight excluding hydrogens is 278 g/mol. The molecule has 1 aromatic rings. The number of Topliss-reactive ketones (excluding diaryl/α,β-unsaturated/α-hetero) is 1. The zero-order chi connectivity index (χ0) is 14.0. The fraction of sp³-hybridized carbons (Fsp3) is 0.667. The van der Waals surface area contributed by atoms with Crippen LogP contribution in [0.15, 0.2) is 6.07 Å². The van der Waals surface area contributed by atoms with Crippen molar-refractivity contribution in [2.45, 2.75) is 51.3 Å². The summed E-state index contributed by atoms with van der Waals surface area (Å²) in [6.45, 7) is 6.38. The second-order valence-electron chi connectivity index (χ2n) is 5.20. The standard InChI is InChI=1S/C15H22ClNOS/c1-4-19-15-7-5-6-13(15)17-10(2)8-12(11(17)3)14(18)9-16/h8,13,15H,4-7,9H2,1-3H3. The number of rotatable bonds is 5. The Balaban J connectivity index is 2.34. The van der Waals surface area contributed by atoms with Crippen LogP contribution in [-0.4, -0.2) is 27.2 Å². The van der Waals surface area contributed by atoms with Gasteiger partial charge in [0.05, 0.1) is 5.88 Å². The lowest BCUT2D eigenvalue weighted by molar-refractivity contribution is 0.102. The largest absolute Gasteiger partial charge is 0.344 e. The molecule has 2 nitrogen and oxygen atoms in total. The van der Waals surface area contributed by atoms with Crippen molar-refractivity contribution < 1.29 is 4.79 Å². The lowest BCUT2D eigenvalue weighted by Gasteiger charge is -2.24. The normalized spacial score (nSPS) is 22.9. The fourth-order valence-corrected chi connectivity index (χ4v) is 4.64. The summed E-state index contributed by atoms with van der Waals surface area (Å²) in [5.41, 5.74) is 3.09. The minimum absolute atomic E-state index is 0.0405. The Morgan fingerprint density at radius 2 is 2.21 bits per heavy atom. The van der Waals surface area contributed by atoms with Crippen LogP contribution in [-0.2, 0) is 0 Å². The van der Waals surface area contributed by atoms with E-state index in [4.69, 9.17) is 11.6 Å². The van der Waals surface area contributed by atoms with Gasteiger partial charge in [0.25, 0.3) is 0 Å². The number of ketones is 1. The van der Waals surface area contributed by atoms with Crippen LogP contribution >= 0.6 is 23.4 Å². The third-order valence-corrected chi connectivity index (χ3v) is 5.59. The number of carbonyl (C=O) groups is 1. The first-order valence-electron chi connectivity index (χ1n) is 6.99. The van der Waals surface area contributed by atoms with E-state index in [0.29, 0.717) is 11.3 Å². The van der Waals surface area contributed by atoms with E-state index < -0.39 is 0 Å². The summed E-state index contributed by atoms with van der Waals surface area (Å²) in [6, 6.07) is 2.55. The van der Waals surface area contributed by atoms with Gasteiger partial charge < -0.3 is 4.57 Å². The van der Waals surface area contributed by atoms with E-state index >= 15 is 0 Å². The quantitative estimate of drug-likeness (QED) is 0.595. The van der Waals surface area contributed by atoms with Crippen molar-refractivity contribution in [3.8, 4) is 0 Å². The number of halogens is 1. The number of aromatic nitrogens is 1. The van der Waals surface area contributed by atoms with Crippen LogP contribution in [0.3, 0.4) is 0 Å². The van der Waals surface area contributed by atoms with E-state index in [-0.39, 0.29) is 11.7 Å². The average Bonchev–Trinajstić information content (AvgIpc) is 2.94. The monoisotopic (exact) mass is 299 g/mol. The molecule has 1 aliphatic carbocycles. The predicted molar refractivity (Wildman–Crippen MR) is 83.8 cm³/mol. The van der Waals surface area contributed by atoms with Gasteiger partial charge in [0.15, 0.2) is 5.78 Å². The van der Waals surface area contributed by atoms with E-state index in [9.17, 15) is 4.79 Å². The van der Waals surface area contributed by atoms with Crippen molar-refractivity contribution in [3.63, 3.8) is 0 Å². The molecule has 19 heavy (non-hydrogen) atoms. The molecule has 106 valence electrons. The van der Waals surface area contributed by atoms with Crippen molar-refractivity contribution in [1.29, 1.82) is 0 Å². The van der Waals surface area contributed by atoms with Gasteiger partial charge in [-0.2, -0.15) is 11.8 Å². The van der Waals surface area contributed by atoms with Gasteiger partial charge in [-0.05, 0) is 38.5 Å². The molecule has 0 spiro atoms. The third-order valence-electron chi connectivity index (χ3n) is 4.04. The Labute approximate surface area is 124 Å². The lowest BCUT2D eigenvalue weighted by atomic mass is 10.1. The Kier molecular flexibility index (Phi) is 5.02. The molecule has 0 aliphatic heterocycles. The molecule has 0 bridgehead atoms. The number of nitrogens with zero attached hydrogens (tertiary/aromatic N) is 1. The average molecular weight is 300 g/mol. The summed E-state index contributed by atoms with van der Waals surface area (Å²) in [5.74, 6) is 1.27. The van der Waals surface area contributed by atoms with Crippen LogP contribution in [0, 0.1) is 13.8 Å². The van der Waals surface area contributed by atoms with Gasteiger partial charge in [-0.1, -0.05) is 13.3 Å². The van der Waals surface area contributed by atoms with Crippen LogP contribution in [0.1, 0.15) is 54.0 Å². The first-order valence-corrected chi connectivity index (χ1v) is 8.57. The number of alkyl halides is 1. The Bertz CT molecular complexity index is 469. The van der Waals surface area contributed by atoms with Crippen LogP contribution in [0.4, 0.5) is 0 Å². The summed E-state index contributed by atoms with van der Waals surface area (Å²) in [6.07, 6.45) is 3.81. The van der Waals surface area contributed by atoms with Crippen molar-refractivity contribution in [2.24, 2.45) is 0 Å². The van der Waals surface area contributed by atoms with Crippen molar-refractivity contribution in [1.82, 2.24) is 4.57 Å². The SMILES string of the molecule is CCSC1CCCC1n1c(C)cc(C(=O)CCl)c1C. The zero-order valence-electron chi connectivity index (χ0n) is 11.9. The molecule has 1 fully saturated rings. The Morgan fingerprint density at radius 3 is 2.84 bits per heavy atom. The molecule has 1 aliphatic rings. The van der Waals surface area contributed by atoms with Gasteiger partial charge in [0.1, 0.15) is 0 Å². The number of hydrogen-bond donors (Lipinski definition) is 0. The van der Waals surface area contributed by atoms with Crippen LogP contribution in [0.5, 0.6) is 0 Å². The van der Waals surface area contributed by atoms with E-state index in [1.54, 1.807) is 0 Å². The maximum Gasteiger partial charge on any atom is 0.179 e. The van der Waals surface area contributed by atoms with Crippen molar-refractivity contribution in [2.75, 3.05) is 11.6 Å². The van der Waals surface area contributed by atoms with Crippen LogP contribution < -0.4 is 0 Å². The first kappa shape index (κ1) is 15.0. The highest BCUT2D eigenvalue weighted by molar-refractivity contribution is 7.99. The summed E-state index contributed by atoms with van der Waals surface area (Å²) in [7, 11) is 0.